The van der Waals surface area contributed by atoms with Crippen molar-refractivity contribution in [2.45, 2.75) is 0 Å². The van der Waals surface area contributed by atoms with Gasteiger partial charge in [0, 0.05) is 84.1 Å². The number of fused-ring (bicyclic) bond motifs is 13. The van der Waals surface area contributed by atoms with Crippen molar-refractivity contribution in [3.8, 4) is 80.2 Å². The summed E-state index contributed by atoms with van der Waals surface area (Å²) in [6.07, 6.45) is 0. The summed E-state index contributed by atoms with van der Waals surface area (Å²) in [6.45, 7) is 0. The van der Waals surface area contributed by atoms with Crippen LogP contribution >= 0.6 is 22.7 Å². The summed E-state index contributed by atoms with van der Waals surface area (Å²) in [5.41, 5.74) is 10.3. The summed E-state index contributed by atoms with van der Waals surface area (Å²) < 4.78 is 9.28. The molecule has 0 spiro atoms. The Bertz CT molecular complexity index is 5200. The Balaban J connectivity index is 0.929. The number of para-hydroxylation sites is 2. The molecular formula is C70H40N10S2. The van der Waals surface area contributed by atoms with E-state index in [4.69, 9.17) is 39.9 Å². The minimum atomic E-state index is 0.415. The van der Waals surface area contributed by atoms with Crippen LogP contribution in [0.15, 0.2) is 243 Å². The second-order valence-corrected chi connectivity index (χ2v) is 22.5. The molecule has 0 saturated carbocycles. The van der Waals surface area contributed by atoms with Gasteiger partial charge < -0.3 is 0 Å². The van der Waals surface area contributed by atoms with E-state index in [-0.39, 0.29) is 0 Å². The van der Waals surface area contributed by atoms with E-state index in [0.29, 0.717) is 46.6 Å². The van der Waals surface area contributed by atoms with Crippen molar-refractivity contribution in [1.82, 2.24) is 49.0 Å². The molecule has 0 N–H and O–H groups in total. The smallest absolute Gasteiger partial charge is 0.238 e. The van der Waals surface area contributed by atoms with E-state index >= 15 is 0 Å². The number of nitrogens with zero attached hydrogens (tertiary/aromatic N) is 10. The second kappa shape index (κ2) is 18.5. The molecule has 82 heavy (non-hydrogen) atoms. The first-order chi connectivity index (χ1) is 40.6. The Morgan fingerprint density at radius 3 is 1.26 bits per heavy atom. The van der Waals surface area contributed by atoms with E-state index in [9.17, 15) is 0 Å². The predicted octanol–water partition coefficient (Wildman–Crippen LogP) is 17.8. The third-order valence-corrected chi connectivity index (χ3v) is 17.8. The summed E-state index contributed by atoms with van der Waals surface area (Å²) in [6, 6.07) is 84.0. The molecule has 0 aliphatic rings. The highest BCUT2D eigenvalue weighted by atomic mass is 32.1. The van der Waals surface area contributed by atoms with E-state index < -0.39 is 0 Å². The molecule has 0 atom stereocenters. The van der Waals surface area contributed by atoms with Crippen molar-refractivity contribution in [2.24, 2.45) is 0 Å². The lowest BCUT2D eigenvalue weighted by Crippen LogP contribution is -2.08. The molecule has 10 nitrogen and oxygen atoms in total. The van der Waals surface area contributed by atoms with Crippen molar-refractivity contribution >= 4 is 107 Å². The van der Waals surface area contributed by atoms with E-state index in [0.717, 1.165) is 77.3 Å². The van der Waals surface area contributed by atoms with Gasteiger partial charge in [-0.05, 0) is 91.0 Å². The van der Waals surface area contributed by atoms with Crippen molar-refractivity contribution in [2.75, 3.05) is 0 Å². The molecule has 0 saturated heterocycles. The fourth-order valence-electron chi connectivity index (χ4n) is 11.7. The standard InChI is InChI=1S/C70H40N10S2/c1-3-17-41(18-4-1)52-25-15-27-54(71-52)67-74-68(55-28-16-26-53(72-55)42-19-5-2-6-20-42)78-69(77-67)79-57-30-12-8-24-49(57)63-58(79)36-35-48-45-21-7-11-29-56(45)80(64(48)63)70-75-65(43-33-37-61-50(39-43)46-22-9-13-31-59(46)81-61)73-66(76-70)44-34-38-62-51(40-44)47-23-10-14-32-60(47)82-62/h1-40H. The number of aromatic nitrogens is 10. The lowest BCUT2D eigenvalue weighted by atomic mass is 10.1. The van der Waals surface area contributed by atoms with Gasteiger partial charge in [0.1, 0.15) is 11.4 Å². The monoisotopic (exact) mass is 1080 g/mol. The van der Waals surface area contributed by atoms with Gasteiger partial charge in [0.05, 0.1) is 33.5 Å². The topological polar surface area (TPSA) is 113 Å². The third-order valence-electron chi connectivity index (χ3n) is 15.5. The summed E-state index contributed by atoms with van der Waals surface area (Å²) in [4.78, 5) is 42.7. The van der Waals surface area contributed by atoms with Gasteiger partial charge in [-0.3, -0.25) is 9.13 Å². The molecule has 8 heterocycles. The molecule has 12 heteroatoms. The Kier molecular flexibility index (Phi) is 10.4. The number of hydrogen-bond donors (Lipinski definition) is 0. The number of rotatable bonds is 8. The molecule has 17 rings (SSSR count). The predicted molar refractivity (Wildman–Crippen MR) is 336 cm³/mol. The van der Waals surface area contributed by atoms with Crippen molar-refractivity contribution in [3.63, 3.8) is 0 Å². The summed E-state index contributed by atoms with van der Waals surface area (Å²) in [7, 11) is 0. The van der Waals surface area contributed by atoms with E-state index in [1.807, 2.05) is 72.8 Å². The zero-order valence-electron chi connectivity index (χ0n) is 43.4. The Hall–Kier alpha value is -10.7. The normalized spacial score (nSPS) is 11.9. The summed E-state index contributed by atoms with van der Waals surface area (Å²) in [5, 5.41) is 8.86. The van der Waals surface area contributed by atoms with Gasteiger partial charge in [-0.1, -0.05) is 152 Å². The lowest BCUT2D eigenvalue weighted by molar-refractivity contribution is 0.943. The van der Waals surface area contributed by atoms with Crippen LogP contribution in [0.25, 0.3) is 164 Å². The lowest BCUT2D eigenvalue weighted by Gasteiger charge is -2.12. The highest BCUT2D eigenvalue weighted by Crippen LogP contribution is 2.43. The number of pyridine rings is 2. The zero-order valence-corrected chi connectivity index (χ0v) is 45.0. The maximum absolute atomic E-state index is 5.54. The second-order valence-electron chi connectivity index (χ2n) is 20.3. The molecule has 0 fully saturated rings. The Morgan fingerprint density at radius 2 is 0.683 bits per heavy atom. The van der Waals surface area contributed by atoms with Crippen molar-refractivity contribution in [1.29, 1.82) is 0 Å². The summed E-state index contributed by atoms with van der Waals surface area (Å²) in [5.74, 6) is 2.90. The molecular weight excluding hydrogens is 1040 g/mol. The van der Waals surface area contributed by atoms with Crippen LogP contribution in [0.3, 0.4) is 0 Å². The van der Waals surface area contributed by atoms with Crippen LogP contribution in [0.1, 0.15) is 0 Å². The van der Waals surface area contributed by atoms with Crippen LogP contribution in [0, 0.1) is 0 Å². The maximum Gasteiger partial charge on any atom is 0.238 e. The van der Waals surface area contributed by atoms with Crippen molar-refractivity contribution < 1.29 is 0 Å². The molecule has 17 aromatic rings. The molecule has 382 valence electrons. The first-order valence-electron chi connectivity index (χ1n) is 27.0. The van der Waals surface area contributed by atoms with Gasteiger partial charge in [0.25, 0.3) is 0 Å². The molecule has 0 aliphatic carbocycles. The van der Waals surface area contributed by atoms with Crippen LogP contribution in [-0.2, 0) is 0 Å². The molecule has 8 aromatic heterocycles. The van der Waals surface area contributed by atoms with Crippen LogP contribution in [-0.4, -0.2) is 49.0 Å². The van der Waals surface area contributed by atoms with Gasteiger partial charge in [0.15, 0.2) is 23.3 Å². The Morgan fingerprint density at radius 1 is 0.244 bits per heavy atom. The van der Waals surface area contributed by atoms with E-state index in [1.54, 1.807) is 22.7 Å². The fourth-order valence-corrected chi connectivity index (χ4v) is 13.9. The van der Waals surface area contributed by atoms with E-state index in [2.05, 4.69) is 179 Å². The largest absolute Gasteiger partial charge is 0.278 e. The molecule has 9 aromatic carbocycles. The molecule has 0 amide bonds. The molecule has 0 unspecified atom stereocenters. The highest BCUT2D eigenvalue weighted by molar-refractivity contribution is 7.26. The number of benzene rings is 9. The first kappa shape index (κ1) is 46.3. The SMILES string of the molecule is c1ccc(-c2cccc(-c3nc(-c4cccc(-c5ccccc5)n4)nc(-n4c5ccccc5c5c4ccc4c6ccccc6n(-c6nc(-c7ccc8sc9ccccc9c8c7)nc(-c7ccc8sc9ccccc9c8c7)n6)c45)n3)n2)cc1. The van der Waals surface area contributed by atoms with Crippen LogP contribution < -0.4 is 0 Å². The van der Waals surface area contributed by atoms with E-state index in [1.165, 1.54) is 40.3 Å². The number of hydrogen-bond acceptors (Lipinski definition) is 10. The van der Waals surface area contributed by atoms with Gasteiger partial charge in [0.2, 0.25) is 11.9 Å². The average molecular weight is 1090 g/mol. The molecule has 0 radical (unpaired) electrons. The maximum atomic E-state index is 5.54. The Labute approximate surface area is 475 Å². The summed E-state index contributed by atoms with van der Waals surface area (Å²) >= 11 is 3.59. The number of thiophene rings is 2. The van der Waals surface area contributed by atoms with Gasteiger partial charge >= 0.3 is 0 Å². The minimum Gasteiger partial charge on any atom is -0.278 e. The highest BCUT2D eigenvalue weighted by Gasteiger charge is 2.26. The van der Waals surface area contributed by atoms with Crippen molar-refractivity contribution in [3.05, 3.63) is 243 Å². The fraction of sp³-hybridized carbons (Fsp3) is 0. The molecule has 0 bridgehead atoms. The van der Waals surface area contributed by atoms with Gasteiger partial charge in [-0.25, -0.2) is 19.9 Å². The van der Waals surface area contributed by atoms with Gasteiger partial charge in [-0.15, -0.1) is 22.7 Å². The van der Waals surface area contributed by atoms with Crippen LogP contribution in [0.5, 0.6) is 0 Å². The first-order valence-corrected chi connectivity index (χ1v) is 28.6. The molecule has 0 aliphatic heterocycles. The zero-order chi connectivity index (χ0) is 53.8. The van der Waals surface area contributed by atoms with Gasteiger partial charge in [-0.2, -0.15) is 19.9 Å². The van der Waals surface area contributed by atoms with Crippen LogP contribution in [0.4, 0.5) is 0 Å². The third kappa shape index (κ3) is 7.46. The quantitative estimate of drug-likeness (QED) is 0.148. The average Bonchev–Trinajstić information content (AvgIpc) is 2.36. The minimum absolute atomic E-state index is 0.415. The van der Waals surface area contributed by atoms with Crippen LogP contribution in [0.2, 0.25) is 0 Å².